The molecule has 6 nitrogen and oxygen atoms in total. The molecule has 2 aromatic rings. The van der Waals surface area contributed by atoms with Gasteiger partial charge in [-0.2, -0.15) is 5.43 Å². The smallest absolute Gasteiger partial charge is 0.291 e. The molecule has 0 saturated carbocycles. The van der Waals surface area contributed by atoms with E-state index in [9.17, 15) is 4.79 Å². The van der Waals surface area contributed by atoms with Gasteiger partial charge < -0.3 is 20.2 Å². The molecule has 0 saturated heterocycles. The Bertz CT molecular complexity index is 747. The summed E-state index contributed by atoms with van der Waals surface area (Å²) in [5.74, 6) is 1.00. The number of benzene rings is 2. The van der Waals surface area contributed by atoms with E-state index in [0.717, 1.165) is 5.69 Å². The van der Waals surface area contributed by atoms with E-state index < -0.39 is 5.72 Å². The van der Waals surface area contributed by atoms with Gasteiger partial charge in [-0.3, -0.25) is 4.79 Å². The highest BCUT2D eigenvalue weighted by molar-refractivity contribution is 6.05. The van der Waals surface area contributed by atoms with Crippen LogP contribution in [-0.2, 0) is 10.5 Å². The monoisotopic (exact) mass is 283 g/mol. The quantitative estimate of drug-likeness (QED) is 0.744. The number of rotatable bonds is 1. The molecule has 0 aromatic heterocycles. The lowest BCUT2D eigenvalue weighted by Crippen LogP contribution is -2.57. The van der Waals surface area contributed by atoms with Gasteiger partial charge in [-0.25, -0.2) is 0 Å². The number of para-hydroxylation sites is 2. The molecule has 2 aromatic carbocycles. The molecule has 2 aliphatic rings. The third kappa shape index (κ3) is 1.59. The van der Waals surface area contributed by atoms with E-state index in [1.54, 1.807) is 25.3 Å². The van der Waals surface area contributed by atoms with Gasteiger partial charge in [0.15, 0.2) is 0 Å². The maximum Gasteiger partial charge on any atom is 0.291 e. The van der Waals surface area contributed by atoms with Crippen LogP contribution in [0.5, 0.6) is 11.5 Å². The molecule has 2 heterocycles. The topological polar surface area (TPSA) is 71.6 Å². The Labute approximate surface area is 121 Å². The van der Waals surface area contributed by atoms with Crippen LogP contribution in [0.1, 0.15) is 5.56 Å². The fourth-order valence-electron chi connectivity index (χ4n) is 2.61. The zero-order valence-electron chi connectivity index (χ0n) is 11.3. The summed E-state index contributed by atoms with van der Waals surface area (Å²) in [7, 11) is 1.58. The second kappa shape index (κ2) is 4.13. The van der Waals surface area contributed by atoms with E-state index in [1.165, 1.54) is 0 Å². The van der Waals surface area contributed by atoms with Gasteiger partial charge in [-0.05, 0) is 30.3 Å². The summed E-state index contributed by atoms with van der Waals surface area (Å²) < 4.78 is 11.2. The molecule has 1 atom stereocenters. The number of amides is 1. The van der Waals surface area contributed by atoms with Gasteiger partial charge >= 0.3 is 0 Å². The van der Waals surface area contributed by atoms with E-state index in [1.807, 2.05) is 24.3 Å². The zero-order chi connectivity index (χ0) is 14.4. The Balaban J connectivity index is 1.85. The van der Waals surface area contributed by atoms with Crippen LogP contribution in [-0.4, -0.2) is 13.0 Å². The average molecular weight is 283 g/mol. The number of anilines is 2. The van der Waals surface area contributed by atoms with Gasteiger partial charge in [-0.1, -0.05) is 12.1 Å². The minimum Gasteiger partial charge on any atom is -0.497 e. The zero-order valence-corrected chi connectivity index (χ0v) is 11.3. The molecule has 21 heavy (non-hydrogen) atoms. The molecule has 1 amide bonds. The standard InChI is InChI=1S/C15H13N3O3/c1-20-9-6-7-11-10(8-9)15(14(19)16-11)18-17-12-4-2-3-5-13(12)21-15/h2-8,17-18H,1H3,(H,16,19)/t15-/m1/s1. The lowest BCUT2D eigenvalue weighted by molar-refractivity contribution is -0.134. The second-order valence-electron chi connectivity index (χ2n) is 4.90. The summed E-state index contributed by atoms with van der Waals surface area (Å²) in [5, 5.41) is 2.82. The average Bonchev–Trinajstić information content (AvgIpc) is 2.79. The first-order valence-electron chi connectivity index (χ1n) is 6.54. The van der Waals surface area contributed by atoms with Gasteiger partial charge in [0.1, 0.15) is 11.5 Å². The molecule has 0 fully saturated rings. The third-order valence-electron chi connectivity index (χ3n) is 3.70. The van der Waals surface area contributed by atoms with Crippen LogP contribution in [0, 0.1) is 0 Å². The maximum atomic E-state index is 12.4. The lowest BCUT2D eigenvalue weighted by atomic mass is 10.0. The number of hydrogen-bond donors (Lipinski definition) is 3. The fourth-order valence-corrected chi connectivity index (χ4v) is 2.61. The van der Waals surface area contributed by atoms with E-state index in [2.05, 4.69) is 16.2 Å². The normalized spacial score (nSPS) is 21.9. The molecule has 1 spiro atoms. The van der Waals surface area contributed by atoms with Crippen molar-refractivity contribution in [2.75, 3.05) is 17.9 Å². The van der Waals surface area contributed by atoms with Crippen molar-refractivity contribution >= 4 is 17.3 Å². The molecule has 0 unspecified atom stereocenters. The highest BCUT2D eigenvalue weighted by Gasteiger charge is 2.52. The fraction of sp³-hybridized carbons (Fsp3) is 0.133. The summed E-state index contributed by atoms with van der Waals surface area (Å²) in [6.45, 7) is 0. The van der Waals surface area contributed by atoms with Crippen LogP contribution in [0.4, 0.5) is 11.4 Å². The van der Waals surface area contributed by atoms with Crippen molar-refractivity contribution in [2.24, 2.45) is 0 Å². The first-order valence-corrected chi connectivity index (χ1v) is 6.54. The van der Waals surface area contributed by atoms with Crippen LogP contribution in [0.15, 0.2) is 42.5 Å². The van der Waals surface area contributed by atoms with Crippen LogP contribution in [0.2, 0.25) is 0 Å². The molecule has 4 rings (SSSR count). The summed E-state index contributed by atoms with van der Waals surface area (Å²) in [4.78, 5) is 12.4. The summed E-state index contributed by atoms with van der Waals surface area (Å²) >= 11 is 0. The number of methoxy groups -OCH3 is 1. The van der Waals surface area contributed by atoms with Crippen LogP contribution >= 0.6 is 0 Å². The molecule has 0 radical (unpaired) electrons. The molecule has 106 valence electrons. The second-order valence-corrected chi connectivity index (χ2v) is 4.90. The minimum absolute atomic E-state index is 0.271. The number of hydrogen-bond acceptors (Lipinski definition) is 5. The van der Waals surface area contributed by atoms with Crippen molar-refractivity contribution in [3.05, 3.63) is 48.0 Å². The molecular formula is C15H13N3O3. The Morgan fingerprint density at radius 2 is 2.00 bits per heavy atom. The van der Waals surface area contributed by atoms with Crippen LogP contribution in [0.3, 0.4) is 0 Å². The maximum absolute atomic E-state index is 12.4. The molecule has 0 aliphatic carbocycles. The number of ether oxygens (including phenoxy) is 2. The van der Waals surface area contributed by atoms with Gasteiger partial charge in [0.05, 0.1) is 18.5 Å². The van der Waals surface area contributed by atoms with Crippen molar-refractivity contribution in [3.63, 3.8) is 0 Å². The highest BCUT2D eigenvalue weighted by Crippen LogP contribution is 2.43. The molecule has 6 heteroatoms. The largest absolute Gasteiger partial charge is 0.497 e. The first kappa shape index (κ1) is 12.0. The van der Waals surface area contributed by atoms with Crippen molar-refractivity contribution in [2.45, 2.75) is 5.72 Å². The van der Waals surface area contributed by atoms with Crippen molar-refractivity contribution in [1.82, 2.24) is 5.43 Å². The van der Waals surface area contributed by atoms with E-state index in [0.29, 0.717) is 22.7 Å². The predicted octanol–water partition coefficient (Wildman–Crippen LogP) is 1.81. The predicted molar refractivity (Wildman–Crippen MR) is 77.1 cm³/mol. The SMILES string of the molecule is COc1ccc2c(c1)[C@]1(NNc3ccccc3O1)C(=O)N2. The summed E-state index contributed by atoms with van der Waals surface area (Å²) in [6.07, 6.45) is 0. The van der Waals surface area contributed by atoms with E-state index in [-0.39, 0.29) is 5.91 Å². The van der Waals surface area contributed by atoms with Gasteiger partial charge in [0, 0.05) is 5.56 Å². The summed E-state index contributed by atoms with van der Waals surface area (Å²) in [6, 6.07) is 12.8. The lowest BCUT2D eigenvalue weighted by Gasteiger charge is -2.35. The first-order chi connectivity index (χ1) is 10.2. The molecule has 2 aliphatic heterocycles. The Kier molecular flexibility index (Phi) is 2.37. The number of nitrogens with one attached hydrogen (secondary N) is 3. The Morgan fingerprint density at radius 1 is 1.14 bits per heavy atom. The summed E-state index contributed by atoms with van der Waals surface area (Å²) in [5.41, 5.74) is 6.88. The highest BCUT2D eigenvalue weighted by atomic mass is 16.5. The van der Waals surface area contributed by atoms with E-state index in [4.69, 9.17) is 9.47 Å². The Morgan fingerprint density at radius 3 is 2.86 bits per heavy atom. The van der Waals surface area contributed by atoms with Gasteiger partial charge in [-0.15, -0.1) is 0 Å². The Hall–Kier alpha value is -2.73. The third-order valence-corrected chi connectivity index (χ3v) is 3.70. The number of fused-ring (bicyclic) bond motifs is 3. The van der Waals surface area contributed by atoms with E-state index >= 15 is 0 Å². The molecular weight excluding hydrogens is 270 g/mol. The molecule has 0 bridgehead atoms. The van der Waals surface area contributed by atoms with Gasteiger partial charge in [0.25, 0.3) is 11.6 Å². The molecule has 3 N–H and O–H groups in total. The number of hydrazine groups is 1. The van der Waals surface area contributed by atoms with Crippen molar-refractivity contribution in [1.29, 1.82) is 0 Å². The van der Waals surface area contributed by atoms with Crippen molar-refractivity contribution in [3.8, 4) is 11.5 Å². The van der Waals surface area contributed by atoms with Crippen LogP contribution < -0.4 is 25.6 Å². The van der Waals surface area contributed by atoms with Crippen molar-refractivity contribution < 1.29 is 14.3 Å². The number of carbonyl (C=O) groups is 1. The number of carbonyl (C=O) groups excluding carboxylic acids is 1. The van der Waals surface area contributed by atoms with Crippen LogP contribution in [0.25, 0.3) is 0 Å². The minimum atomic E-state index is -1.29. The van der Waals surface area contributed by atoms with Gasteiger partial charge in [0.2, 0.25) is 0 Å².